The van der Waals surface area contributed by atoms with Crippen LogP contribution in [0, 0.1) is 0 Å². The van der Waals surface area contributed by atoms with Crippen LogP contribution < -0.4 is 0 Å². The Kier molecular flexibility index (Phi) is 25.5. The van der Waals surface area contributed by atoms with E-state index in [1.807, 2.05) is 5.94 Å². The molecule has 0 spiro atoms. The summed E-state index contributed by atoms with van der Waals surface area (Å²) in [5, 5.41) is 16.1. The first-order valence-electron chi connectivity index (χ1n) is 5.36. The third-order valence-corrected chi connectivity index (χ3v) is 1.10. The standard InChI is InChI=1S/C5H6O.2C3H8O.2ClH.Ti/c6-4-5-2-1-3-5;2*1-3(2)4;;;/h1-3H2;2*3-4H,1-2H3;2*1H;/q;;;;;+2/p-2. The van der Waals surface area contributed by atoms with Gasteiger partial charge in [-0.15, -0.1) is 0 Å². The van der Waals surface area contributed by atoms with Crippen molar-refractivity contribution in [3.8, 4) is 0 Å². The van der Waals surface area contributed by atoms with Crippen LogP contribution in [-0.2, 0) is 21.8 Å². The monoisotopic (exact) mass is 320 g/mol. The number of hydrogen-bond acceptors (Lipinski definition) is 3. The molecule has 0 aliphatic heterocycles. The second-order valence-electron chi connectivity index (χ2n) is 3.82. The van der Waals surface area contributed by atoms with Gasteiger partial charge in [-0.05, 0) is 47.0 Å². The molecule has 0 amide bonds. The average Bonchev–Trinajstić information content (AvgIpc) is 2.00. The molecule has 1 saturated carbocycles. The molecule has 3 nitrogen and oxygen atoms in total. The Labute approximate surface area is 121 Å². The Hall–Kier alpha value is 0.664. The number of rotatable bonds is 0. The summed E-state index contributed by atoms with van der Waals surface area (Å²) in [4.78, 5) is 9.63. The summed E-state index contributed by atoms with van der Waals surface area (Å²) in [6.45, 7) is 6.89. The van der Waals surface area contributed by atoms with Crippen molar-refractivity contribution in [3.63, 3.8) is 0 Å². The van der Waals surface area contributed by atoms with Gasteiger partial charge in [-0.2, -0.15) is 0 Å². The molecular weight excluding hydrogens is 299 g/mol. The molecule has 0 aromatic carbocycles. The van der Waals surface area contributed by atoms with Crippen LogP contribution in [0.5, 0.6) is 0 Å². The Morgan fingerprint density at radius 1 is 1.12 bits per heavy atom. The third kappa shape index (κ3) is 47.7. The minimum atomic E-state index is -0.556. The van der Waals surface area contributed by atoms with Gasteiger partial charge in [0.2, 0.25) is 0 Å². The van der Waals surface area contributed by atoms with Crippen molar-refractivity contribution in [2.24, 2.45) is 0 Å². The molecule has 1 aliphatic carbocycles. The first kappa shape index (κ1) is 22.8. The van der Waals surface area contributed by atoms with Crippen LogP contribution in [0.1, 0.15) is 47.0 Å². The molecule has 0 unspecified atom stereocenters. The molecule has 0 bridgehead atoms. The zero-order valence-corrected chi connectivity index (χ0v) is 13.9. The molecule has 17 heavy (non-hydrogen) atoms. The first-order valence-corrected chi connectivity index (χ1v) is 9.66. The SMILES string of the molecule is CC(C)O.CC(C)O.O=C=C1CCC1.[Cl][Ti][Cl]. The Balaban J connectivity index is -0.000000161. The topological polar surface area (TPSA) is 57.5 Å². The van der Waals surface area contributed by atoms with Gasteiger partial charge in [0, 0.05) is 17.8 Å². The summed E-state index contributed by atoms with van der Waals surface area (Å²) in [5.74, 6) is 1.87. The normalized spacial score (nSPS) is 11.8. The van der Waals surface area contributed by atoms with Crippen LogP contribution in [-0.4, -0.2) is 28.4 Å². The molecule has 1 aliphatic rings. The number of aliphatic hydroxyl groups excluding tert-OH is 2. The van der Waals surface area contributed by atoms with Gasteiger partial charge in [-0.1, -0.05) is 0 Å². The zero-order chi connectivity index (χ0) is 14.3. The van der Waals surface area contributed by atoms with Crippen molar-refractivity contribution >= 4 is 24.6 Å². The van der Waals surface area contributed by atoms with E-state index in [-0.39, 0.29) is 12.2 Å². The van der Waals surface area contributed by atoms with E-state index in [9.17, 15) is 4.79 Å². The molecule has 0 saturated heterocycles. The second kappa shape index (κ2) is 19.0. The maximum atomic E-state index is 9.63. The van der Waals surface area contributed by atoms with Gasteiger partial charge in [0.1, 0.15) is 5.94 Å². The average molecular weight is 321 g/mol. The van der Waals surface area contributed by atoms with E-state index in [1.54, 1.807) is 27.7 Å². The summed E-state index contributed by atoms with van der Waals surface area (Å²) in [6, 6.07) is 0. The number of hydrogen-bond donors (Lipinski definition) is 2. The number of halogens is 2. The summed E-state index contributed by atoms with van der Waals surface area (Å²) in [5.41, 5.74) is 0.968. The second-order valence-corrected chi connectivity index (χ2v) is 6.40. The molecule has 6 heteroatoms. The van der Waals surface area contributed by atoms with Crippen LogP contribution in [0.2, 0.25) is 0 Å². The van der Waals surface area contributed by atoms with Gasteiger partial charge in [-0.25, -0.2) is 4.79 Å². The van der Waals surface area contributed by atoms with Crippen LogP contribution in [0.4, 0.5) is 0 Å². The third-order valence-electron chi connectivity index (χ3n) is 1.10. The number of aliphatic hydroxyl groups is 2. The molecule has 0 heterocycles. The summed E-state index contributed by atoms with van der Waals surface area (Å²) in [6.07, 6.45) is 2.87. The van der Waals surface area contributed by atoms with Gasteiger partial charge in [-0.3, -0.25) is 0 Å². The van der Waals surface area contributed by atoms with Crippen molar-refractivity contribution < 1.29 is 32.0 Å². The Morgan fingerprint density at radius 2 is 1.35 bits per heavy atom. The van der Waals surface area contributed by atoms with Gasteiger partial charge in [0.05, 0.1) is 0 Å². The molecule has 102 valence electrons. The van der Waals surface area contributed by atoms with Crippen molar-refractivity contribution in [3.05, 3.63) is 5.57 Å². The number of allylic oxidation sites excluding steroid dienone is 1. The molecular formula is C11H22Cl2O3Ti. The molecule has 1 fully saturated rings. The quantitative estimate of drug-likeness (QED) is 0.532. The van der Waals surface area contributed by atoms with E-state index in [1.165, 1.54) is 6.42 Å². The summed E-state index contributed by atoms with van der Waals surface area (Å²) in [7, 11) is 9.78. The molecule has 2 N–H and O–H groups in total. The van der Waals surface area contributed by atoms with Crippen LogP contribution in [0.15, 0.2) is 5.57 Å². The van der Waals surface area contributed by atoms with Crippen molar-refractivity contribution in [1.82, 2.24) is 0 Å². The van der Waals surface area contributed by atoms with Crippen LogP contribution >= 0.6 is 18.6 Å². The summed E-state index contributed by atoms with van der Waals surface area (Å²) >= 11 is -0.556. The predicted molar refractivity (Wildman–Crippen MR) is 69.5 cm³/mol. The Morgan fingerprint density at radius 3 is 1.35 bits per heavy atom. The fourth-order valence-electron chi connectivity index (χ4n) is 0.456. The van der Waals surface area contributed by atoms with Gasteiger partial charge < -0.3 is 10.2 Å². The van der Waals surface area contributed by atoms with E-state index < -0.39 is 17.0 Å². The van der Waals surface area contributed by atoms with E-state index in [4.69, 9.17) is 28.8 Å². The first-order chi connectivity index (χ1) is 7.81. The zero-order valence-electron chi connectivity index (χ0n) is 10.8. The van der Waals surface area contributed by atoms with Gasteiger partial charge in [0.15, 0.2) is 0 Å². The molecule has 0 atom stereocenters. The molecule has 1 rings (SSSR count). The van der Waals surface area contributed by atoms with Crippen LogP contribution in [0.25, 0.3) is 0 Å². The molecule has 0 aromatic heterocycles. The Bertz CT molecular complexity index is 176. The molecule has 0 radical (unpaired) electrons. The van der Waals surface area contributed by atoms with Crippen molar-refractivity contribution in [2.75, 3.05) is 0 Å². The minimum absolute atomic E-state index is 0.167. The fourth-order valence-corrected chi connectivity index (χ4v) is 0.456. The van der Waals surface area contributed by atoms with Gasteiger partial charge >= 0.3 is 35.6 Å². The van der Waals surface area contributed by atoms with Crippen molar-refractivity contribution in [1.29, 1.82) is 0 Å². The van der Waals surface area contributed by atoms with E-state index in [2.05, 4.69) is 0 Å². The van der Waals surface area contributed by atoms with Gasteiger partial charge in [0.25, 0.3) is 0 Å². The van der Waals surface area contributed by atoms with Crippen molar-refractivity contribution in [2.45, 2.75) is 59.2 Å². The van der Waals surface area contributed by atoms with Crippen LogP contribution in [0.3, 0.4) is 0 Å². The molecule has 0 aromatic rings. The fraction of sp³-hybridized carbons (Fsp3) is 0.818. The van der Waals surface area contributed by atoms with E-state index in [0.29, 0.717) is 0 Å². The predicted octanol–water partition coefficient (Wildman–Crippen LogP) is 3.08. The van der Waals surface area contributed by atoms with E-state index in [0.717, 1.165) is 18.4 Å². The summed E-state index contributed by atoms with van der Waals surface area (Å²) < 4.78 is 0. The number of carbonyl (C=O) groups excluding carboxylic acids is 1. The van der Waals surface area contributed by atoms with E-state index >= 15 is 0 Å². The maximum absolute atomic E-state index is 9.63.